The lowest BCUT2D eigenvalue weighted by atomic mass is 10.1. The molecule has 1 aliphatic heterocycles. The van der Waals surface area contributed by atoms with Gasteiger partial charge in [0, 0.05) is 12.5 Å². The summed E-state index contributed by atoms with van der Waals surface area (Å²) in [4.78, 5) is 23.1. The van der Waals surface area contributed by atoms with Gasteiger partial charge < -0.3 is 20.3 Å². The molecule has 1 saturated heterocycles. The SMILES string of the molecule is CCCNc1nc(N)nc2c1ncn2C1OC(COP(=O)(O)Oc2ccccc2)CC1C. The Balaban J connectivity index is 1.45. The van der Waals surface area contributed by atoms with Gasteiger partial charge in [-0.1, -0.05) is 32.0 Å². The first kappa shape index (κ1) is 22.5. The van der Waals surface area contributed by atoms with Crippen molar-refractivity contribution < 1.29 is 23.2 Å². The molecule has 0 aliphatic carbocycles. The van der Waals surface area contributed by atoms with E-state index >= 15 is 0 Å². The van der Waals surface area contributed by atoms with Crippen molar-refractivity contribution in [3.63, 3.8) is 0 Å². The van der Waals surface area contributed by atoms with Crippen LogP contribution in [0.5, 0.6) is 5.75 Å². The number of imidazole rings is 1. The Labute approximate surface area is 185 Å². The van der Waals surface area contributed by atoms with Crippen molar-refractivity contribution >= 4 is 30.8 Å². The van der Waals surface area contributed by atoms with Gasteiger partial charge in [0.1, 0.15) is 12.0 Å². The molecule has 0 bridgehead atoms. The average Bonchev–Trinajstić information content (AvgIpc) is 3.34. The molecule has 1 aliphatic rings. The molecule has 0 spiro atoms. The van der Waals surface area contributed by atoms with Gasteiger partial charge in [-0.05, 0) is 25.0 Å². The van der Waals surface area contributed by atoms with Crippen molar-refractivity contribution in [1.82, 2.24) is 19.5 Å². The molecule has 3 heterocycles. The summed E-state index contributed by atoms with van der Waals surface area (Å²) in [7, 11) is -4.27. The Hall–Kier alpha value is -2.72. The maximum absolute atomic E-state index is 12.3. The molecule has 2 aromatic heterocycles. The van der Waals surface area contributed by atoms with E-state index < -0.39 is 13.9 Å². The summed E-state index contributed by atoms with van der Waals surface area (Å²) in [5.74, 6) is 1.06. The van der Waals surface area contributed by atoms with Gasteiger partial charge in [0.15, 0.2) is 17.0 Å². The molecule has 172 valence electrons. The first-order valence-electron chi connectivity index (χ1n) is 10.5. The highest BCUT2D eigenvalue weighted by atomic mass is 31.2. The molecule has 0 radical (unpaired) electrons. The van der Waals surface area contributed by atoms with Crippen LogP contribution in [-0.2, 0) is 13.8 Å². The van der Waals surface area contributed by atoms with Crippen LogP contribution in [0.2, 0.25) is 0 Å². The van der Waals surface area contributed by atoms with E-state index in [1.54, 1.807) is 36.7 Å². The molecule has 1 fully saturated rings. The van der Waals surface area contributed by atoms with Gasteiger partial charge in [0.2, 0.25) is 5.95 Å². The fourth-order valence-corrected chi connectivity index (χ4v) is 4.46. The number of nitrogens with zero attached hydrogens (tertiary/aromatic N) is 4. The predicted molar refractivity (Wildman–Crippen MR) is 119 cm³/mol. The topological polar surface area (TPSA) is 147 Å². The highest BCUT2D eigenvalue weighted by Gasteiger charge is 2.37. The standard InChI is InChI=1S/C20H27N6O5P/c1-3-9-22-17-16-18(25-20(21)24-17)26(12-23-16)19-13(2)10-15(30-19)11-29-32(27,28)31-14-7-5-4-6-8-14/h4-8,12-13,15,19H,3,9-11H2,1-2H3,(H,27,28)(H3,21,22,24,25). The smallest absolute Gasteiger partial charge is 0.404 e. The lowest BCUT2D eigenvalue weighted by Gasteiger charge is -2.18. The number of hydrogen-bond donors (Lipinski definition) is 3. The first-order valence-corrected chi connectivity index (χ1v) is 12.0. The summed E-state index contributed by atoms with van der Waals surface area (Å²) < 4.78 is 30.5. The third-order valence-corrected chi connectivity index (χ3v) is 6.01. The number of phosphoric ester groups is 1. The van der Waals surface area contributed by atoms with Gasteiger partial charge in [-0.25, -0.2) is 9.55 Å². The Morgan fingerprint density at radius 2 is 2.12 bits per heavy atom. The molecule has 11 nitrogen and oxygen atoms in total. The van der Waals surface area contributed by atoms with E-state index in [0.29, 0.717) is 23.4 Å². The molecule has 12 heteroatoms. The Kier molecular flexibility index (Phi) is 6.61. The third-order valence-electron chi connectivity index (χ3n) is 5.10. The second kappa shape index (κ2) is 9.41. The van der Waals surface area contributed by atoms with Crippen molar-refractivity contribution in [1.29, 1.82) is 0 Å². The van der Waals surface area contributed by atoms with Gasteiger partial charge in [-0.15, -0.1) is 0 Å². The zero-order valence-electron chi connectivity index (χ0n) is 17.9. The highest BCUT2D eigenvalue weighted by Crippen LogP contribution is 2.45. The van der Waals surface area contributed by atoms with Crippen LogP contribution in [0.15, 0.2) is 36.7 Å². The molecule has 0 amide bonds. The van der Waals surface area contributed by atoms with Crippen LogP contribution in [0.4, 0.5) is 11.8 Å². The molecule has 4 unspecified atom stereocenters. The zero-order chi connectivity index (χ0) is 22.7. The zero-order valence-corrected chi connectivity index (χ0v) is 18.8. The molecule has 3 aromatic rings. The number of fused-ring (bicyclic) bond motifs is 1. The van der Waals surface area contributed by atoms with Crippen molar-refractivity contribution in [2.45, 2.75) is 39.0 Å². The maximum Gasteiger partial charge on any atom is 0.527 e. The minimum absolute atomic E-state index is 0.0809. The van der Waals surface area contributed by atoms with Crippen LogP contribution in [0.25, 0.3) is 11.2 Å². The first-order chi connectivity index (χ1) is 15.4. The number of para-hydroxylation sites is 1. The second-order valence-corrected chi connectivity index (χ2v) is 9.09. The maximum atomic E-state index is 12.3. The lowest BCUT2D eigenvalue weighted by molar-refractivity contribution is -0.0287. The van der Waals surface area contributed by atoms with E-state index in [-0.39, 0.29) is 30.5 Å². The number of aromatic nitrogens is 4. The number of phosphoric acid groups is 1. The number of nitrogen functional groups attached to an aromatic ring is 1. The number of nitrogens with one attached hydrogen (secondary N) is 1. The monoisotopic (exact) mass is 462 g/mol. The number of anilines is 2. The predicted octanol–water partition coefficient (Wildman–Crippen LogP) is 3.35. The lowest BCUT2D eigenvalue weighted by Crippen LogP contribution is -2.17. The highest BCUT2D eigenvalue weighted by molar-refractivity contribution is 7.47. The third kappa shape index (κ3) is 5.02. The molecular formula is C20H27N6O5P. The van der Waals surface area contributed by atoms with E-state index in [1.165, 1.54) is 0 Å². The summed E-state index contributed by atoms with van der Waals surface area (Å²) in [5, 5.41) is 3.22. The minimum Gasteiger partial charge on any atom is -0.404 e. The van der Waals surface area contributed by atoms with E-state index in [1.807, 2.05) is 11.5 Å². The van der Waals surface area contributed by atoms with E-state index in [4.69, 9.17) is 19.5 Å². The largest absolute Gasteiger partial charge is 0.527 e. The van der Waals surface area contributed by atoms with Gasteiger partial charge >= 0.3 is 7.82 Å². The Bertz CT molecular complexity index is 1110. The molecular weight excluding hydrogens is 435 g/mol. The van der Waals surface area contributed by atoms with Crippen LogP contribution in [-0.4, -0.2) is 43.7 Å². The quantitative estimate of drug-likeness (QED) is 0.404. The van der Waals surface area contributed by atoms with E-state index in [2.05, 4.69) is 27.2 Å². The van der Waals surface area contributed by atoms with Gasteiger partial charge in [0.25, 0.3) is 0 Å². The fourth-order valence-electron chi connectivity index (χ4n) is 3.67. The average molecular weight is 462 g/mol. The number of rotatable bonds is 9. The van der Waals surface area contributed by atoms with Crippen molar-refractivity contribution in [3.8, 4) is 5.75 Å². The molecule has 4 rings (SSSR count). The van der Waals surface area contributed by atoms with Gasteiger partial charge in [-0.2, -0.15) is 9.97 Å². The molecule has 32 heavy (non-hydrogen) atoms. The number of nitrogens with two attached hydrogens (primary N) is 1. The summed E-state index contributed by atoms with van der Waals surface area (Å²) in [5.41, 5.74) is 7.08. The van der Waals surface area contributed by atoms with Crippen molar-refractivity contribution in [2.24, 2.45) is 5.92 Å². The van der Waals surface area contributed by atoms with E-state index in [0.717, 1.165) is 13.0 Å². The number of ether oxygens (including phenoxy) is 1. The summed E-state index contributed by atoms with van der Waals surface area (Å²) >= 11 is 0. The molecule has 4 atom stereocenters. The van der Waals surface area contributed by atoms with Crippen LogP contribution >= 0.6 is 7.82 Å². The van der Waals surface area contributed by atoms with Crippen LogP contribution in [0, 0.1) is 5.92 Å². The second-order valence-electron chi connectivity index (χ2n) is 7.71. The molecule has 1 aromatic carbocycles. The van der Waals surface area contributed by atoms with Crippen LogP contribution < -0.4 is 15.6 Å². The van der Waals surface area contributed by atoms with Crippen molar-refractivity contribution in [2.75, 3.05) is 24.2 Å². The number of benzene rings is 1. The van der Waals surface area contributed by atoms with Crippen LogP contribution in [0.1, 0.15) is 32.9 Å². The van der Waals surface area contributed by atoms with Crippen molar-refractivity contribution in [3.05, 3.63) is 36.7 Å². The van der Waals surface area contributed by atoms with E-state index in [9.17, 15) is 9.46 Å². The molecule has 4 N–H and O–H groups in total. The minimum atomic E-state index is -4.27. The normalized spacial score (nSPS) is 22.7. The summed E-state index contributed by atoms with van der Waals surface area (Å²) in [6.07, 6.45) is 2.42. The Morgan fingerprint density at radius 1 is 1.34 bits per heavy atom. The fraction of sp³-hybridized carbons (Fsp3) is 0.450. The Morgan fingerprint density at radius 3 is 2.88 bits per heavy atom. The van der Waals surface area contributed by atoms with Gasteiger partial charge in [0.05, 0.1) is 19.0 Å². The summed E-state index contributed by atoms with van der Waals surface area (Å²) in [6, 6.07) is 8.35. The van der Waals surface area contributed by atoms with Crippen LogP contribution in [0.3, 0.4) is 0 Å². The number of hydrogen-bond acceptors (Lipinski definition) is 9. The summed E-state index contributed by atoms with van der Waals surface area (Å²) in [6.45, 7) is 4.73. The van der Waals surface area contributed by atoms with Gasteiger partial charge in [-0.3, -0.25) is 14.0 Å². The molecule has 0 saturated carbocycles.